The van der Waals surface area contributed by atoms with Crippen molar-refractivity contribution in [2.45, 2.75) is 25.4 Å². The minimum atomic E-state index is -4.32. The summed E-state index contributed by atoms with van der Waals surface area (Å²) in [5.41, 5.74) is 0. The van der Waals surface area contributed by atoms with Crippen molar-refractivity contribution < 1.29 is 23.1 Å². The number of aliphatic hydroxyl groups is 1. The van der Waals surface area contributed by atoms with Crippen LogP contribution >= 0.6 is 0 Å². The highest BCUT2D eigenvalue weighted by Gasteiger charge is 2.32. The molecule has 1 amide bonds. The van der Waals surface area contributed by atoms with E-state index < -0.39 is 12.7 Å². The fourth-order valence-electron chi connectivity index (χ4n) is 2.02. The van der Waals surface area contributed by atoms with Crippen LogP contribution in [0.15, 0.2) is 0 Å². The van der Waals surface area contributed by atoms with Gasteiger partial charge in [0.25, 0.3) is 0 Å². The van der Waals surface area contributed by atoms with E-state index in [2.05, 4.69) is 0 Å². The molecule has 0 atom stereocenters. The van der Waals surface area contributed by atoms with Gasteiger partial charge in [-0.15, -0.1) is 0 Å². The number of rotatable bonds is 6. The molecular weight excluding hydrogens is 249 g/mol. The highest BCUT2D eigenvalue weighted by atomic mass is 19.4. The summed E-state index contributed by atoms with van der Waals surface area (Å²) in [6.07, 6.45) is -2.24. The van der Waals surface area contributed by atoms with Crippen molar-refractivity contribution in [1.29, 1.82) is 0 Å². The molecule has 1 aliphatic heterocycles. The van der Waals surface area contributed by atoms with Gasteiger partial charge in [-0.05, 0) is 19.3 Å². The van der Waals surface area contributed by atoms with Crippen LogP contribution in [0.3, 0.4) is 0 Å². The van der Waals surface area contributed by atoms with Crippen LogP contribution in [0.2, 0.25) is 0 Å². The molecule has 1 aliphatic rings. The number of alkyl halides is 3. The molecule has 0 spiro atoms. The number of amides is 1. The van der Waals surface area contributed by atoms with Gasteiger partial charge in [0.1, 0.15) is 0 Å². The van der Waals surface area contributed by atoms with E-state index in [0.717, 1.165) is 17.7 Å². The Morgan fingerprint density at radius 3 is 2.39 bits per heavy atom. The monoisotopic (exact) mass is 268 g/mol. The summed E-state index contributed by atoms with van der Waals surface area (Å²) in [5.74, 6) is -0.255. The molecule has 0 unspecified atom stereocenters. The summed E-state index contributed by atoms with van der Waals surface area (Å²) in [4.78, 5) is 14.4. The highest BCUT2D eigenvalue weighted by Crippen LogP contribution is 2.17. The second-order valence-electron chi connectivity index (χ2n) is 4.49. The third-order valence-electron chi connectivity index (χ3n) is 2.85. The molecule has 1 rings (SSSR count). The minimum Gasteiger partial charge on any atom is -0.396 e. The van der Waals surface area contributed by atoms with Crippen LogP contribution in [0.4, 0.5) is 13.2 Å². The van der Waals surface area contributed by atoms with Crippen molar-refractivity contribution in [1.82, 2.24) is 9.80 Å². The average molecular weight is 268 g/mol. The van der Waals surface area contributed by atoms with Crippen LogP contribution in [0, 0.1) is 0 Å². The molecule has 0 aliphatic carbocycles. The number of hydrogen-bond acceptors (Lipinski definition) is 3. The van der Waals surface area contributed by atoms with Gasteiger partial charge in [0.15, 0.2) is 0 Å². The van der Waals surface area contributed by atoms with Crippen molar-refractivity contribution in [3.8, 4) is 0 Å². The topological polar surface area (TPSA) is 43.8 Å². The molecule has 0 radical (unpaired) electrons. The molecular formula is C11H19F3N2O2. The molecule has 0 aromatic carbocycles. The zero-order valence-electron chi connectivity index (χ0n) is 10.2. The Balaban J connectivity index is 2.45. The first-order valence-electron chi connectivity index (χ1n) is 6.10. The largest absolute Gasteiger partial charge is 0.401 e. The van der Waals surface area contributed by atoms with Crippen LogP contribution < -0.4 is 0 Å². The zero-order valence-corrected chi connectivity index (χ0v) is 10.2. The molecule has 1 saturated heterocycles. The molecule has 1 heterocycles. The SMILES string of the molecule is O=C(CN(CCCO)CC(F)(F)F)N1CCCC1. The number of aliphatic hydroxyl groups excluding tert-OH is 1. The van der Waals surface area contributed by atoms with E-state index in [9.17, 15) is 18.0 Å². The summed E-state index contributed by atoms with van der Waals surface area (Å²) in [6.45, 7) is -0.147. The van der Waals surface area contributed by atoms with Crippen molar-refractivity contribution >= 4 is 5.91 Å². The van der Waals surface area contributed by atoms with Crippen molar-refractivity contribution in [3.63, 3.8) is 0 Å². The lowest BCUT2D eigenvalue weighted by atomic mass is 10.3. The number of carbonyl (C=O) groups excluding carboxylic acids is 1. The lowest BCUT2D eigenvalue weighted by Gasteiger charge is -2.25. The van der Waals surface area contributed by atoms with Gasteiger partial charge in [-0.1, -0.05) is 0 Å². The molecule has 18 heavy (non-hydrogen) atoms. The van der Waals surface area contributed by atoms with Gasteiger partial charge in [-0.2, -0.15) is 13.2 Å². The number of likely N-dealkylation sites (tertiary alicyclic amines) is 1. The van der Waals surface area contributed by atoms with E-state index in [1.165, 1.54) is 0 Å². The number of nitrogens with zero attached hydrogens (tertiary/aromatic N) is 2. The molecule has 4 nitrogen and oxygen atoms in total. The maximum absolute atomic E-state index is 12.3. The molecule has 0 aromatic heterocycles. The van der Waals surface area contributed by atoms with Gasteiger partial charge in [-0.25, -0.2) is 0 Å². The predicted molar refractivity (Wildman–Crippen MR) is 60.0 cm³/mol. The van der Waals surface area contributed by atoms with E-state index in [1.54, 1.807) is 4.90 Å². The zero-order chi connectivity index (χ0) is 13.6. The molecule has 1 fully saturated rings. The third-order valence-corrected chi connectivity index (χ3v) is 2.85. The lowest BCUT2D eigenvalue weighted by Crippen LogP contribution is -2.43. The number of hydrogen-bond donors (Lipinski definition) is 1. The Kier molecular flexibility index (Phi) is 5.87. The normalized spacial score (nSPS) is 16.6. The fourth-order valence-corrected chi connectivity index (χ4v) is 2.02. The molecule has 1 N–H and O–H groups in total. The van der Waals surface area contributed by atoms with Crippen LogP contribution in [-0.2, 0) is 4.79 Å². The third kappa shape index (κ3) is 5.68. The van der Waals surface area contributed by atoms with Crippen LogP contribution in [0.5, 0.6) is 0 Å². The van der Waals surface area contributed by atoms with E-state index in [-0.39, 0.29) is 32.0 Å². The Morgan fingerprint density at radius 1 is 1.28 bits per heavy atom. The highest BCUT2D eigenvalue weighted by molar-refractivity contribution is 5.78. The quantitative estimate of drug-likeness (QED) is 0.777. The van der Waals surface area contributed by atoms with Gasteiger partial charge in [0.2, 0.25) is 5.91 Å². The van der Waals surface area contributed by atoms with Gasteiger partial charge < -0.3 is 10.0 Å². The molecule has 106 valence electrons. The molecule has 0 bridgehead atoms. The molecule has 7 heteroatoms. The van der Waals surface area contributed by atoms with E-state index in [0.29, 0.717) is 13.1 Å². The summed E-state index contributed by atoms with van der Waals surface area (Å²) < 4.78 is 37.0. The number of carbonyl (C=O) groups is 1. The van der Waals surface area contributed by atoms with E-state index >= 15 is 0 Å². The molecule has 0 saturated carbocycles. The van der Waals surface area contributed by atoms with Gasteiger partial charge in [0.05, 0.1) is 13.1 Å². The van der Waals surface area contributed by atoms with Crippen LogP contribution in [0.1, 0.15) is 19.3 Å². The Bertz CT molecular complexity index is 266. The fraction of sp³-hybridized carbons (Fsp3) is 0.909. The van der Waals surface area contributed by atoms with Gasteiger partial charge >= 0.3 is 6.18 Å². The first-order chi connectivity index (χ1) is 8.42. The van der Waals surface area contributed by atoms with Crippen molar-refractivity contribution in [2.24, 2.45) is 0 Å². The first kappa shape index (κ1) is 15.2. The van der Waals surface area contributed by atoms with Gasteiger partial charge in [0, 0.05) is 26.2 Å². The second kappa shape index (κ2) is 6.94. The Morgan fingerprint density at radius 2 is 1.89 bits per heavy atom. The first-order valence-corrected chi connectivity index (χ1v) is 6.10. The van der Waals surface area contributed by atoms with Crippen LogP contribution in [-0.4, -0.2) is 66.3 Å². The lowest BCUT2D eigenvalue weighted by molar-refractivity contribution is -0.151. The maximum atomic E-state index is 12.3. The standard InChI is InChI=1S/C11H19F3N2O2/c12-11(13,14)9-15(4-3-7-17)8-10(18)16-5-1-2-6-16/h17H,1-9H2. The smallest absolute Gasteiger partial charge is 0.396 e. The van der Waals surface area contributed by atoms with Crippen molar-refractivity contribution in [2.75, 3.05) is 39.3 Å². The molecule has 0 aromatic rings. The number of halogens is 3. The summed E-state index contributed by atoms with van der Waals surface area (Å²) in [6, 6.07) is 0. The van der Waals surface area contributed by atoms with Crippen LogP contribution in [0.25, 0.3) is 0 Å². The Labute approximate surface area is 104 Å². The summed E-state index contributed by atoms with van der Waals surface area (Å²) in [7, 11) is 0. The Hall–Kier alpha value is -0.820. The summed E-state index contributed by atoms with van der Waals surface area (Å²) >= 11 is 0. The van der Waals surface area contributed by atoms with E-state index in [4.69, 9.17) is 5.11 Å². The maximum Gasteiger partial charge on any atom is 0.401 e. The van der Waals surface area contributed by atoms with Crippen molar-refractivity contribution in [3.05, 3.63) is 0 Å². The minimum absolute atomic E-state index is 0.0790. The average Bonchev–Trinajstić information content (AvgIpc) is 2.77. The van der Waals surface area contributed by atoms with Gasteiger partial charge in [-0.3, -0.25) is 9.69 Å². The predicted octanol–water partition coefficient (Wildman–Crippen LogP) is 0.856. The van der Waals surface area contributed by atoms with E-state index in [1.807, 2.05) is 0 Å². The second-order valence-corrected chi connectivity index (χ2v) is 4.49. The summed E-state index contributed by atoms with van der Waals surface area (Å²) in [5, 5.41) is 8.66.